The number of hydrogen-bond donors (Lipinski definition) is 1. The van der Waals surface area contributed by atoms with Crippen molar-refractivity contribution in [1.29, 1.82) is 0 Å². The monoisotopic (exact) mass is 295 g/mol. The van der Waals surface area contributed by atoms with Crippen LogP contribution in [0.4, 0.5) is 0 Å². The van der Waals surface area contributed by atoms with Gasteiger partial charge in [0, 0.05) is 6.04 Å². The molecule has 0 heterocycles. The summed E-state index contributed by atoms with van der Waals surface area (Å²) in [6, 6.07) is 7.36. The molecule has 112 valence electrons. The van der Waals surface area contributed by atoms with Crippen LogP contribution < -0.4 is 4.72 Å². The molecule has 1 fully saturated rings. The van der Waals surface area contributed by atoms with Gasteiger partial charge in [-0.3, -0.25) is 0 Å². The van der Waals surface area contributed by atoms with E-state index in [1.54, 1.807) is 12.1 Å². The average Bonchev–Trinajstić information content (AvgIpc) is 2.67. The fourth-order valence-corrected chi connectivity index (χ4v) is 4.02. The zero-order chi connectivity index (χ0) is 14.6. The predicted octanol–water partition coefficient (Wildman–Crippen LogP) is 3.81. The lowest BCUT2D eigenvalue weighted by Crippen LogP contribution is -2.34. The molecule has 4 heteroatoms. The summed E-state index contributed by atoms with van der Waals surface area (Å²) < 4.78 is 27.6. The Bertz CT molecular complexity index is 512. The maximum atomic E-state index is 12.4. The minimum Gasteiger partial charge on any atom is -0.208 e. The normalized spacial score (nSPS) is 18.1. The predicted molar refractivity (Wildman–Crippen MR) is 82.3 cm³/mol. The van der Waals surface area contributed by atoms with Crippen molar-refractivity contribution in [3.63, 3.8) is 0 Å². The number of sulfonamides is 1. The first-order valence-electron chi connectivity index (χ1n) is 7.61. The van der Waals surface area contributed by atoms with Crippen molar-refractivity contribution < 1.29 is 8.42 Å². The van der Waals surface area contributed by atoms with Crippen molar-refractivity contribution >= 4 is 10.0 Å². The van der Waals surface area contributed by atoms with E-state index in [4.69, 9.17) is 0 Å². The Morgan fingerprint density at radius 3 is 2.05 bits per heavy atom. The van der Waals surface area contributed by atoms with E-state index >= 15 is 0 Å². The van der Waals surface area contributed by atoms with Crippen LogP contribution in [0.1, 0.15) is 63.9 Å². The molecule has 0 bridgehead atoms. The minimum absolute atomic E-state index is 0.104. The van der Waals surface area contributed by atoms with E-state index in [0.29, 0.717) is 10.8 Å². The van der Waals surface area contributed by atoms with E-state index in [2.05, 4.69) is 18.6 Å². The molecular formula is C16H25NO2S. The molecule has 0 aliphatic heterocycles. The second kappa shape index (κ2) is 6.72. The highest BCUT2D eigenvalue weighted by atomic mass is 32.2. The van der Waals surface area contributed by atoms with Crippen molar-refractivity contribution in [3.8, 4) is 0 Å². The van der Waals surface area contributed by atoms with Crippen molar-refractivity contribution in [2.75, 3.05) is 0 Å². The van der Waals surface area contributed by atoms with Gasteiger partial charge in [-0.25, -0.2) is 13.1 Å². The third-order valence-corrected chi connectivity index (χ3v) is 5.57. The summed E-state index contributed by atoms with van der Waals surface area (Å²) in [6.07, 6.45) is 6.62. The van der Waals surface area contributed by atoms with Crippen molar-refractivity contribution in [2.24, 2.45) is 0 Å². The zero-order valence-corrected chi connectivity index (χ0v) is 13.2. The molecule has 2 rings (SSSR count). The lowest BCUT2D eigenvalue weighted by atomic mass is 10.0. The van der Waals surface area contributed by atoms with Crippen LogP contribution in [0, 0.1) is 0 Å². The summed E-state index contributed by atoms with van der Waals surface area (Å²) >= 11 is 0. The van der Waals surface area contributed by atoms with Crippen LogP contribution in [0.2, 0.25) is 0 Å². The number of rotatable bonds is 4. The van der Waals surface area contributed by atoms with Crippen LogP contribution >= 0.6 is 0 Å². The Morgan fingerprint density at radius 2 is 1.55 bits per heavy atom. The quantitative estimate of drug-likeness (QED) is 0.859. The first-order chi connectivity index (χ1) is 9.49. The molecule has 1 aromatic rings. The van der Waals surface area contributed by atoms with Crippen molar-refractivity contribution in [1.82, 2.24) is 4.72 Å². The molecule has 0 spiro atoms. The first kappa shape index (κ1) is 15.5. The third-order valence-electron chi connectivity index (χ3n) is 4.03. The minimum atomic E-state index is -3.37. The summed E-state index contributed by atoms with van der Waals surface area (Å²) in [5.41, 5.74) is 1.17. The van der Waals surface area contributed by atoms with Crippen LogP contribution in [0.25, 0.3) is 0 Å². The highest BCUT2D eigenvalue weighted by Gasteiger charge is 2.21. The van der Waals surface area contributed by atoms with Gasteiger partial charge in [0.05, 0.1) is 4.90 Å². The van der Waals surface area contributed by atoms with Crippen LogP contribution in [0.5, 0.6) is 0 Å². The molecular weight excluding hydrogens is 270 g/mol. The molecule has 20 heavy (non-hydrogen) atoms. The molecule has 1 saturated carbocycles. The Labute approximate surface area is 122 Å². The summed E-state index contributed by atoms with van der Waals surface area (Å²) in [5.74, 6) is 0.418. The largest absolute Gasteiger partial charge is 0.240 e. The molecule has 1 N–H and O–H groups in total. The summed E-state index contributed by atoms with van der Waals surface area (Å²) in [6.45, 7) is 4.21. The molecule has 1 aromatic carbocycles. The first-order valence-corrected chi connectivity index (χ1v) is 9.09. The highest BCUT2D eigenvalue weighted by molar-refractivity contribution is 7.89. The van der Waals surface area contributed by atoms with Gasteiger partial charge in [-0.2, -0.15) is 0 Å². The molecule has 1 aliphatic carbocycles. The van der Waals surface area contributed by atoms with Gasteiger partial charge in [0.1, 0.15) is 0 Å². The van der Waals surface area contributed by atoms with E-state index in [1.165, 1.54) is 18.4 Å². The molecule has 0 radical (unpaired) electrons. The van der Waals surface area contributed by atoms with Gasteiger partial charge in [0.25, 0.3) is 0 Å². The standard InChI is InChI=1S/C16H25NO2S/c1-13(2)14-9-11-16(12-10-14)20(18,19)17-15-7-5-3-4-6-8-15/h9-13,15,17H,3-8H2,1-2H3. The highest BCUT2D eigenvalue weighted by Crippen LogP contribution is 2.21. The van der Waals surface area contributed by atoms with Gasteiger partial charge in [-0.1, -0.05) is 51.7 Å². The van der Waals surface area contributed by atoms with E-state index < -0.39 is 10.0 Å². The van der Waals surface area contributed by atoms with Gasteiger partial charge in [0.2, 0.25) is 10.0 Å². The maximum Gasteiger partial charge on any atom is 0.240 e. The molecule has 0 amide bonds. The van der Waals surface area contributed by atoms with Crippen molar-refractivity contribution in [2.45, 2.75) is 69.2 Å². The van der Waals surface area contributed by atoms with E-state index in [9.17, 15) is 8.42 Å². The van der Waals surface area contributed by atoms with E-state index in [1.807, 2.05) is 12.1 Å². The molecule has 0 atom stereocenters. The van der Waals surface area contributed by atoms with Crippen LogP contribution in [0.3, 0.4) is 0 Å². The Balaban J connectivity index is 2.09. The lowest BCUT2D eigenvalue weighted by molar-refractivity contribution is 0.510. The fourth-order valence-electron chi connectivity index (χ4n) is 2.72. The van der Waals surface area contributed by atoms with Crippen LogP contribution in [-0.2, 0) is 10.0 Å². The Kier molecular flexibility index (Phi) is 5.22. The number of hydrogen-bond acceptors (Lipinski definition) is 2. The molecule has 0 aromatic heterocycles. The summed E-state index contributed by atoms with van der Waals surface area (Å²) in [4.78, 5) is 0.381. The van der Waals surface area contributed by atoms with Crippen LogP contribution in [0.15, 0.2) is 29.2 Å². The number of benzene rings is 1. The zero-order valence-electron chi connectivity index (χ0n) is 12.4. The van der Waals surface area contributed by atoms with E-state index in [0.717, 1.165) is 25.7 Å². The SMILES string of the molecule is CC(C)c1ccc(S(=O)(=O)NC2CCCCCC2)cc1. The van der Waals surface area contributed by atoms with Gasteiger partial charge in [-0.15, -0.1) is 0 Å². The second-order valence-corrected chi connectivity index (χ2v) is 7.75. The van der Waals surface area contributed by atoms with Gasteiger partial charge in [-0.05, 0) is 36.5 Å². The summed E-state index contributed by atoms with van der Waals surface area (Å²) in [5, 5.41) is 0. The van der Waals surface area contributed by atoms with Gasteiger partial charge < -0.3 is 0 Å². The fraction of sp³-hybridized carbons (Fsp3) is 0.625. The molecule has 0 saturated heterocycles. The second-order valence-electron chi connectivity index (χ2n) is 6.03. The number of nitrogens with one attached hydrogen (secondary N) is 1. The van der Waals surface area contributed by atoms with E-state index in [-0.39, 0.29) is 6.04 Å². The van der Waals surface area contributed by atoms with Gasteiger partial charge >= 0.3 is 0 Å². The molecule has 1 aliphatic rings. The average molecular weight is 295 g/mol. The summed E-state index contributed by atoms with van der Waals surface area (Å²) in [7, 11) is -3.37. The third kappa shape index (κ3) is 4.06. The van der Waals surface area contributed by atoms with Crippen LogP contribution in [-0.4, -0.2) is 14.5 Å². The topological polar surface area (TPSA) is 46.2 Å². The van der Waals surface area contributed by atoms with Crippen molar-refractivity contribution in [3.05, 3.63) is 29.8 Å². The maximum absolute atomic E-state index is 12.4. The molecule has 3 nitrogen and oxygen atoms in total. The van der Waals surface area contributed by atoms with Gasteiger partial charge in [0.15, 0.2) is 0 Å². The smallest absolute Gasteiger partial charge is 0.208 e. The Hall–Kier alpha value is -0.870. The molecule has 0 unspecified atom stereocenters. The Morgan fingerprint density at radius 1 is 1.00 bits per heavy atom. The lowest BCUT2D eigenvalue weighted by Gasteiger charge is -2.16.